The van der Waals surface area contributed by atoms with Gasteiger partial charge in [-0.15, -0.1) is 11.8 Å². The van der Waals surface area contributed by atoms with E-state index >= 15 is 0 Å². The van der Waals surface area contributed by atoms with Crippen molar-refractivity contribution in [3.63, 3.8) is 0 Å². The Bertz CT molecular complexity index is 233. The monoisotopic (exact) mass is 186 g/mol. The van der Waals surface area contributed by atoms with Crippen molar-refractivity contribution in [1.29, 1.82) is 0 Å². The number of aryl methyl sites for hydroxylation is 1. The second-order valence-electron chi connectivity index (χ2n) is 2.11. The molecular weight excluding hydrogens is 171 g/mol. The van der Waals surface area contributed by atoms with Crippen LogP contribution in [0.3, 0.4) is 0 Å². The van der Waals surface area contributed by atoms with Crippen molar-refractivity contribution in [1.82, 2.24) is 0 Å². The number of hydrogen-bond donors (Lipinski definition) is 0. The summed E-state index contributed by atoms with van der Waals surface area (Å²) in [5, 5.41) is 0. The van der Waals surface area contributed by atoms with Gasteiger partial charge < -0.3 is 0 Å². The minimum Gasteiger partial charge on any atom is -0.207 e. The molecule has 0 bridgehead atoms. The summed E-state index contributed by atoms with van der Waals surface area (Å²) in [5.41, 5.74) is 1.01. The maximum atomic E-state index is 12.5. The lowest BCUT2D eigenvalue weighted by Crippen LogP contribution is -1.80. The summed E-state index contributed by atoms with van der Waals surface area (Å²) in [6.45, 7) is 5.91. The Balaban J connectivity index is 0.000000561. The van der Waals surface area contributed by atoms with Gasteiger partial charge in [0.2, 0.25) is 0 Å². The third-order valence-corrected chi connectivity index (χ3v) is 2.25. The highest BCUT2D eigenvalue weighted by molar-refractivity contribution is 7.98. The lowest BCUT2D eigenvalue weighted by Gasteiger charge is -1.99. The average Bonchev–Trinajstić information content (AvgIpc) is 2.08. The predicted octanol–water partition coefficient (Wildman–Crippen LogP) is 3.88. The highest BCUT2D eigenvalue weighted by atomic mass is 32.2. The zero-order chi connectivity index (χ0) is 9.56. The Hall–Kier alpha value is -0.500. The van der Waals surface area contributed by atoms with Crippen LogP contribution in [0.5, 0.6) is 0 Å². The fourth-order valence-corrected chi connectivity index (χ4v) is 1.43. The van der Waals surface area contributed by atoms with Crippen molar-refractivity contribution in [3.8, 4) is 0 Å². The number of rotatable bonds is 1. The highest BCUT2D eigenvalue weighted by Crippen LogP contribution is 2.19. The molecule has 0 radical (unpaired) electrons. The molecule has 0 spiro atoms. The van der Waals surface area contributed by atoms with E-state index in [1.54, 1.807) is 23.9 Å². The molecule has 1 aromatic rings. The third kappa shape index (κ3) is 3.26. The molecule has 0 atom stereocenters. The van der Waals surface area contributed by atoms with Crippen LogP contribution in [-0.4, -0.2) is 6.26 Å². The Labute approximate surface area is 78.2 Å². The van der Waals surface area contributed by atoms with E-state index in [9.17, 15) is 4.39 Å². The maximum absolute atomic E-state index is 12.5. The van der Waals surface area contributed by atoms with Gasteiger partial charge in [0.15, 0.2) is 0 Å². The number of halogens is 1. The Morgan fingerprint density at radius 1 is 1.25 bits per heavy atom. The molecule has 0 amide bonds. The Morgan fingerprint density at radius 3 is 2.25 bits per heavy atom. The first-order chi connectivity index (χ1) is 5.74. The van der Waals surface area contributed by atoms with Gasteiger partial charge in [-0.25, -0.2) is 4.39 Å². The SMILES string of the molecule is CC.CSc1ccc(F)cc1C. The smallest absolute Gasteiger partial charge is 0.123 e. The number of hydrogen-bond acceptors (Lipinski definition) is 1. The molecule has 0 aliphatic carbocycles. The summed E-state index contributed by atoms with van der Waals surface area (Å²) in [6, 6.07) is 4.83. The molecule has 2 heteroatoms. The summed E-state index contributed by atoms with van der Waals surface area (Å²) >= 11 is 1.64. The summed E-state index contributed by atoms with van der Waals surface area (Å²) in [6.07, 6.45) is 1.99. The number of thioether (sulfide) groups is 1. The first-order valence-corrected chi connectivity index (χ1v) is 5.26. The highest BCUT2D eigenvalue weighted by Gasteiger charge is 1.96. The minimum atomic E-state index is -0.157. The van der Waals surface area contributed by atoms with Crippen molar-refractivity contribution < 1.29 is 4.39 Å². The zero-order valence-electron chi connectivity index (χ0n) is 8.02. The largest absolute Gasteiger partial charge is 0.207 e. The van der Waals surface area contributed by atoms with Crippen LogP contribution < -0.4 is 0 Å². The molecule has 0 unspecified atom stereocenters. The lowest BCUT2D eigenvalue weighted by molar-refractivity contribution is 0.625. The Kier molecular flexibility index (Phi) is 5.81. The molecule has 0 N–H and O–H groups in total. The van der Waals surface area contributed by atoms with E-state index < -0.39 is 0 Å². The van der Waals surface area contributed by atoms with E-state index in [0.717, 1.165) is 10.5 Å². The molecule has 0 saturated carbocycles. The molecule has 0 saturated heterocycles. The lowest BCUT2D eigenvalue weighted by atomic mass is 10.2. The minimum absolute atomic E-state index is 0.157. The van der Waals surface area contributed by atoms with E-state index in [2.05, 4.69) is 0 Å². The predicted molar refractivity (Wildman–Crippen MR) is 54.3 cm³/mol. The van der Waals surface area contributed by atoms with E-state index in [-0.39, 0.29) is 5.82 Å². The first kappa shape index (κ1) is 11.5. The van der Waals surface area contributed by atoms with Crippen LogP contribution in [-0.2, 0) is 0 Å². The molecule has 0 fully saturated rings. The van der Waals surface area contributed by atoms with E-state index in [4.69, 9.17) is 0 Å². The van der Waals surface area contributed by atoms with Crippen molar-refractivity contribution in [2.45, 2.75) is 25.7 Å². The average molecular weight is 186 g/mol. The van der Waals surface area contributed by atoms with Crippen LogP contribution in [0.15, 0.2) is 23.1 Å². The molecule has 0 aromatic heterocycles. The van der Waals surface area contributed by atoms with E-state index in [1.807, 2.05) is 27.0 Å². The van der Waals surface area contributed by atoms with Gasteiger partial charge in [-0.05, 0) is 36.9 Å². The standard InChI is InChI=1S/C8H9FS.C2H6/c1-6-5-7(9)3-4-8(6)10-2;1-2/h3-5H,1-2H3;1-2H3. The van der Waals surface area contributed by atoms with Crippen LogP contribution in [0.1, 0.15) is 19.4 Å². The third-order valence-electron chi connectivity index (χ3n) is 1.36. The molecule has 12 heavy (non-hydrogen) atoms. The Morgan fingerprint density at radius 2 is 1.83 bits per heavy atom. The van der Waals surface area contributed by atoms with Crippen molar-refractivity contribution in [2.24, 2.45) is 0 Å². The summed E-state index contributed by atoms with van der Waals surface area (Å²) in [5.74, 6) is -0.157. The second-order valence-corrected chi connectivity index (χ2v) is 2.96. The molecule has 0 aliphatic rings. The molecule has 0 heterocycles. The quantitative estimate of drug-likeness (QED) is 0.600. The van der Waals surface area contributed by atoms with Gasteiger partial charge in [-0.1, -0.05) is 13.8 Å². The summed E-state index contributed by atoms with van der Waals surface area (Å²) in [4.78, 5) is 1.14. The topological polar surface area (TPSA) is 0 Å². The second kappa shape index (κ2) is 6.06. The molecule has 0 nitrogen and oxygen atoms in total. The molecule has 1 aromatic carbocycles. The van der Waals surface area contributed by atoms with Crippen LogP contribution in [0, 0.1) is 12.7 Å². The first-order valence-electron chi connectivity index (χ1n) is 4.04. The van der Waals surface area contributed by atoms with Gasteiger partial charge in [-0.3, -0.25) is 0 Å². The van der Waals surface area contributed by atoms with Crippen LogP contribution in [0.25, 0.3) is 0 Å². The summed E-state index contributed by atoms with van der Waals surface area (Å²) < 4.78 is 12.5. The van der Waals surface area contributed by atoms with Crippen LogP contribution >= 0.6 is 11.8 Å². The molecule has 68 valence electrons. The van der Waals surface area contributed by atoms with Crippen LogP contribution in [0.4, 0.5) is 4.39 Å². The number of benzene rings is 1. The van der Waals surface area contributed by atoms with E-state index in [1.165, 1.54) is 6.07 Å². The van der Waals surface area contributed by atoms with Crippen molar-refractivity contribution in [3.05, 3.63) is 29.6 Å². The van der Waals surface area contributed by atoms with Gasteiger partial charge in [0.1, 0.15) is 5.82 Å². The van der Waals surface area contributed by atoms with Crippen LogP contribution in [0.2, 0.25) is 0 Å². The van der Waals surface area contributed by atoms with Crippen molar-refractivity contribution >= 4 is 11.8 Å². The molecule has 1 rings (SSSR count). The van der Waals surface area contributed by atoms with Gasteiger partial charge in [0, 0.05) is 4.90 Å². The van der Waals surface area contributed by atoms with Crippen molar-refractivity contribution in [2.75, 3.05) is 6.26 Å². The van der Waals surface area contributed by atoms with Gasteiger partial charge in [0.05, 0.1) is 0 Å². The molecule has 0 aliphatic heterocycles. The van der Waals surface area contributed by atoms with Gasteiger partial charge in [-0.2, -0.15) is 0 Å². The maximum Gasteiger partial charge on any atom is 0.123 e. The van der Waals surface area contributed by atoms with Gasteiger partial charge >= 0.3 is 0 Å². The summed E-state index contributed by atoms with van der Waals surface area (Å²) in [7, 11) is 0. The fourth-order valence-electron chi connectivity index (χ4n) is 0.842. The fraction of sp³-hybridized carbons (Fsp3) is 0.400. The molecular formula is C10H15FS. The van der Waals surface area contributed by atoms with Gasteiger partial charge in [0.25, 0.3) is 0 Å². The zero-order valence-corrected chi connectivity index (χ0v) is 8.83. The van der Waals surface area contributed by atoms with E-state index in [0.29, 0.717) is 0 Å². The normalized spacial score (nSPS) is 8.75.